The summed E-state index contributed by atoms with van der Waals surface area (Å²) in [7, 11) is 0. The summed E-state index contributed by atoms with van der Waals surface area (Å²) in [5, 5.41) is 3.57. The van der Waals surface area contributed by atoms with Crippen LogP contribution in [0.4, 0.5) is 5.82 Å². The van der Waals surface area contributed by atoms with E-state index in [9.17, 15) is 4.79 Å². The second-order valence-corrected chi connectivity index (χ2v) is 9.45. The number of halogens is 1. The summed E-state index contributed by atoms with van der Waals surface area (Å²) < 4.78 is 8.50. The number of imidazole rings is 1. The van der Waals surface area contributed by atoms with E-state index in [2.05, 4.69) is 65.5 Å². The second kappa shape index (κ2) is 8.19. The van der Waals surface area contributed by atoms with Crippen LogP contribution in [0.15, 0.2) is 71.3 Å². The highest BCUT2D eigenvalue weighted by atomic mass is 79.9. The highest BCUT2D eigenvalue weighted by Gasteiger charge is 2.19. The number of hydrogen-bond acceptors (Lipinski definition) is 4. The Kier molecular flexibility index (Phi) is 5.58. The second-order valence-electron chi connectivity index (χ2n) is 8.54. The molecule has 158 valence electrons. The summed E-state index contributed by atoms with van der Waals surface area (Å²) in [5.74, 6) is 1.03. The minimum atomic E-state index is -0.390. The van der Waals surface area contributed by atoms with E-state index in [1.807, 2.05) is 30.5 Å². The van der Waals surface area contributed by atoms with Gasteiger partial charge in [-0.2, -0.15) is 0 Å². The average molecular weight is 478 g/mol. The van der Waals surface area contributed by atoms with E-state index in [4.69, 9.17) is 9.72 Å². The number of esters is 1. The number of nitrogens with one attached hydrogen (secondary N) is 1. The molecular formula is C25H24BrN3O2. The molecular weight excluding hydrogens is 454 g/mol. The monoisotopic (exact) mass is 477 g/mol. The van der Waals surface area contributed by atoms with Crippen LogP contribution in [-0.4, -0.2) is 20.9 Å². The number of benzene rings is 2. The van der Waals surface area contributed by atoms with Crippen LogP contribution in [0.3, 0.4) is 0 Å². The Morgan fingerprint density at radius 2 is 1.71 bits per heavy atom. The molecule has 0 spiro atoms. The number of rotatable bonds is 4. The lowest BCUT2D eigenvalue weighted by Crippen LogP contribution is -2.27. The predicted octanol–water partition coefficient (Wildman–Crippen LogP) is 6.50. The van der Waals surface area contributed by atoms with Gasteiger partial charge in [0.2, 0.25) is 0 Å². The van der Waals surface area contributed by atoms with Gasteiger partial charge >= 0.3 is 5.97 Å². The Labute approximate surface area is 190 Å². The Balaban J connectivity index is 1.64. The molecule has 0 atom stereocenters. The Hall–Kier alpha value is -3.12. The molecule has 2 aromatic heterocycles. The molecule has 0 aliphatic carbocycles. The number of pyridine rings is 1. The first-order chi connectivity index (χ1) is 14.7. The van der Waals surface area contributed by atoms with Crippen molar-refractivity contribution in [2.24, 2.45) is 0 Å². The molecule has 0 fully saturated rings. The molecule has 0 aliphatic rings. The summed E-state index contributed by atoms with van der Waals surface area (Å²) in [6, 6.07) is 18.6. The molecule has 1 N–H and O–H groups in total. The lowest BCUT2D eigenvalue weighted by Gasteiger charge is -2.22. The number of ether oxygens (including phenoxy) is 1. The van der Waals surface area contributed by atoms with Gasteiger partial charge < -0.3 is 10.1 Å². The predicted molar refractivity (Wildman–Crippen MR) is 128 cm³/mol. The van der Waals surface area contributed by atoms with Gasteiger partial charge in [-0.05, 0) is 93.9 Å². The van der Waals surface area contributed by atoms with Crippen LogP contribution >= 0.6 is 15.9 Å². The Bertz CT molecular complexity index is 1240. The molecule has 6 heteroatoms. The molecule has 0 saturated heterocycles. The summed E-state index contributed by atoms with van der Waals surface area (Å²) in [5.41, 5.74) is 4.20. The first-order valence-corrected chi connectivity index (χ1v) is 10.8. The van der Waals surface area contributed by atoms with Crippen molar-refractivity contribution in [1.29, 1.82) is 0 Å². The van der Waals surface area contributed by atoms with E-state index in [-0.39, 0.29) is 5.54 Å². The number of anilines is 1. The maximum Gasteiger partial charge on any atom is 0.343 e. The van der Waals surface area contributed by atoms with Gasteiger partial charge in [0.1, 0.15) is 22.9 Å². The molecule has 2 heterocycles. The zero-order chi connectivity index (χ0) is 22.2. The van der Waals surface area contributed by atoms with Crippen LogP contribution in [-0.2, 0) is 0 Å². The van der Waals surface area contributed by atoms with Crippen molar-refractivity contribution in [3.8, 4) is 17.0 Å². The fourth-order valence-electron chi connectivity index (χ4n) is 3.26. The molecule has 4 aromatic rings. The molecule has 0 bridgehead atoms. The smallest absolute Gasteiger partial charge is 0.343 e. The minimum absolute atomic E-state index is 0.129. The molecule has 0 unspecified atom stereocenters. The third-order valence-corrected chi connectivity index (χ3v) is 5.22. The number of aromatic nitrogens is 2. The molecule has 31 heavy (non-hydrogen) atoms. The van der Waals surface area contributed by atoms with E-state index in [1.54, 1.807) is 24.3 Å². The van der Waals surface area contributed by atoms with Crippen LogP contribution in [0.25, 0.3) is 16.9 Å². The quantitative estimate of drug-likeness (QED) is 0.269. The van der Waals surface area contributed by atoms with Crippen molar-refractivity contribution in [2.45, 2.75) is 33.2 Å². The van der Waals surface area contributed by atoms with E-state index < -0.39 is 5.97 Å². The molecule has 5 nitrogen and oxygen atoms in total. The van der Waals surface area contributed by atoms with Gasteiger partial charge in [0.15, 0.2) is 0 Å². The van der Waals surface area contributed by atoms with Crippen LogP contribution in [0, 0.1) is 6.92 Å². The number of carbonyl (C=O) groups excluding carboxylic acids is 1. The molecule has 0 saturated carbocycles. The van der Waals surface area contributed by atoms with Crippen molar-refractivity contribution in [3.63, 3.8) is 0 Å². The SMILES string of the molecule is Cc1ccn2c(NC(C)(C)C)c(-c3ccc(OC(=O)c4ccc(Br)cc4)cc3)nc2c1. The number of hydrogen-bond donors (Lipinski definition) is 1. The number of fused-ring (bicyclic) bond motifs is 1. The third kappa shape index (κ3) is 4.80. The number of carbonyl (C=O) groups is 1. The largest absolute Gasteiger partial charge is 0.423 e. The molecule has 4 rings (SSSR count). The number of nitrogens with zero attached hydrogens (tertiary/aromatic N) is 2. The van der Waals surface area contributed by atoms with Crippen molar-refractivity contribution >= 4 is 33.4 Å². The zero-order valence-corrected chi connectivity index (χ0v) is 19.5. The van der Waals surface area contributed by atoms with Crippen molar-refractivity contribution in [1.82, 2.24) is 9.38 Å². The lowest BCUT2D eigenvalue weighted by molar-refractivity contribution is 0.0735. The number of aryl methyl sites for hydroxylation is 1. The highest BCUT2D eigenvalue weighted by molar-refractivity contribution is 9.10. The average Bonchev–Trinajstić information content (AvgIpc) is 3.04. The molecule has 0 amide bonds. The first-order valence-electron chi connectivity index (χ1n) is 10.0. The lowest BCUT2D eigenvalue weighted by atomic mass is 10.1. The van der Waals surface area contributed by atoms with Crippen molar-refractivity contribution in [3.05, 3.63) is 82.5 Å². The van der Waals surface area contributed by atoms with Gasteiger partial charge in [0.25, 0.3) is 0 Å². The molecule has 2 aromatic carbocycles. The van der Waals surface area contributed by atoms with Gasteiger partial charge in [-0.3, -0.25) is 4.40 Å². The maximum atomic E-state index is 12.4. The van der Waals surface area contributed by atoms with E-state index in [0.29, 0.717) is 11.3 Å². The van der Waals surface area contributed by atoms with Crippen LogP contribution in [0.2, 0.25) is 0 Å². The highest BCUT2D eigenvalue weighted by Crippen LogP contribution is 2.32. The van der Waals surface area contributed by atoms with Crippen molar-refractivity contribution in [2.75, 3.05) is 5.32 Å². The standard InChI is InChI=1S/C25H24BrN3O2/c1-16-13-14-29-21(15-16)27-22(23(29)28-25(2,3)4)17-7-11-20(12-8-17)31-24(30)18-5-9-19(26)10-6-18/h5-15,28H,1-4H3. The summed E-state index contributed by atoms with van der Waals surface area (Å²) in [4.78, 5) is 17.2. The van der Waals surface area contributed by atoms with Crippen LogP contribution in [0.1, 0.15) is 36.7 Å². The first kappa shape index (κ1) is 21.1. The van der Waals surface area contributed by atoms with Gasteiger partial charge in [-0.1, -0.05) is 15.9 Å². The van der Waals surface area contributed by atoms with Gasteiger partial charge in [-0.15, -0.1) is 0 Å². The third-order valence-electron chi connectivity index (χ3n) is 4.69. The Morgan fingerprint density at radius 1 is 1.03 bits per heavy atom. The van der Waals surface area contributed by atoms with Gasteiger partial charge in [0, 0.05) is 21.8 Å². The molecule has 0 aliphatic heterocycles. The van der Waals surface area contributed by atoms with Crippen LogP contribution < -0.4 is 10.1 Å². The van der Waals surface area contributed by atoms with E-state index in [0.717, 1.165) is 32.8 Å². The fourth-order valence-corrected chi connectivity index (χ4v) is 3.52. The summed E-state index contributed by atoms with van der Waals surface area (Å²) in [6.07, 6.45) is 2.03. The van der Waals surface area contributed by atoms with E-state index >= 15 is 0 Å². The fraction of sp³-hybridized carbons (Fsp3) is 0.200. The Morgan fingerprint density at radius 3 is 2.35 bits per heavy atom. The van der Waals surface area contributed by atoms with Gasteiger partial charge in [-0.25, -0.2) is 9.78 Å². The van der Waals surface area contributed by atoms with E-state index in [1.165, 1.54) is 0 Å². The van der Waals surface area contributed by atoms with Crippen molar-refractivity contribution < 1.29 is 9.53 Å². The van der Waals surface area contributed by atoms with Crippen LogP contribution in [0.5, 0.6) is 5.75 Å². The summed E-state index contributed by atoms with van der Waals surface area (Å²) in [6.45, 7) is 8.42. The summed E-state index contributed by atoms with van der Waals surface area (Å²) >= 11 is 3.37. The van der Waals surface area contributed by atoms with Gasteiger partial charge in [0.05, 0.1) is 5.56 Å². The molecule has 0 radical (unpaired) electrons. The zero-order valence-electron chi connectivity index (χ0n) is 17.9. The normalized spacial score (nSPS) is 11.5. The topological polar surface area (TPSA) is 55.6 Å². The maximum absolute atomic E-state index is 12.4. The minimum Gasteiger partial charge on any atom is -0.423 e.